The average molecular weight is 601 g/mol. The van der Waals surface area contributed by atoms with Crippen molar-refractivity contribution in [3.8, 4) is 0 Å². The van der Waals surface area contributed by atoms with Crippen molar-refractivity contribution < 1.29 is 17.0 Å². The van der Waals surface area contributed by atoms with Gasteiger partial charge in [0.25, 0.3) is 0 Å². The molecule has 38 heavy (non-hydrogen) atoms. The number of pyridine rings is 1. The molecule has 1 saturated heterocycles. The van der Waals surface area contributed by atoms with E-state index in [-0.39, 0.29) is 19.6 Å². The van der Waals surface area contributed by atoms with Crippen molar-refractivity contribution in [3.05, 3.63) is 110 Å². The minimum atomic E-state index is -1.95. The van der Waals surface area contributed by atoms with Gasteiger partial charge in [0.2, 0.25) is 0 Å². The first kappa shape index (κ1) is 30.0. The van der Waals surface area contributed by atoms with E-state index < -0.39 is 25.3 Å². The van der Waals surface area contributed by atoms with Gasteiger partial charge in [-0.3, -0.25) is 4.98 Å². The van der Waals surface area contributed by atoms with E-state index in [2.05, 4.69) is 110 Å². The summed E-state index contributed by atoms with van der Waals surface area (Å²) in [5.41, 5.74) is 3.00. The molecule has 7 atom stereocenters. The van der Waals surface area contributed by atoms with Crippen LogP contribution in [0, 0.1) is 37.0 Å². The van der Waals surface area contributed by atoms with Crippen molar-refractivity contribution >= 4 is 32.4 Å². The molecule has 1 aromatic rings. The maximum absolute atomic E-state index is 5.53. The standard InChI is InChI=1S/C30H36N3Si.CH3.2ClH.Ti/c1-20(2)30-32-28-25(26-17-9-10-19-31-26)16-11-18-27(28)33(30)34(3,4)29-23-14-7-5-12-21(23)22-13-6-8-15-24(22)29;;;;/h5-24,27-30H,1-4H3;1H3;2*1H;/q2*-1;;;+2/p-2/t21?,22?,23?,24?,27-,28?,29?,30+;;;;/m1..../s1. The van der Waals surface area contributed by atoms with Gasteiger partial charge in [-0.15, -0.1) is 0 Å². The summed E-state index contributed by atoms with van der Waals surface area (Å²) in [5.74, 6) is 2.93. The molecule has 5 unspecified atom stereocenters. The van der Waals surface area contributed by atoms with E-state index in [0.717, 1.165) is 5.69 Å². The molecule has 0 N–H and O–H groups in total. The molecule has 6 rings (SSSR count). The molecule has 1 aromatic heterocycles. The molecule has 1 aliphatic heterocycles. The van der Waals surface area contributed by atoms with Crippen molar-refractivity contribution in [3.63, 3.8) is 0 Å². The van der Waals surface area contributed by atoms with Crippen LogP contribution < -0.4 is 0 Å². The number of hydrogen-bond acceptors (Lipinski definition) is 2. The third-order valence-corrected chi connectivity index (χ3v) is 13.2. The van der Waals surface area contributed by atoms with Gasteiger partial charge >= 0.3 is 35.6 Å². The van der Waals surface area contributed by atoms with E-state index in [4.69, 9.17) is 28.9 Å². The molecule has 0 radical (unpaired) electrons. The second-order valence-corrected chi connectivity index (χ2v) is 18.5. The number of fused-ring (bicyclic) bond motifs is 4. The summed E-state index contributed by atoms with van der Waals surface area (Å²) in [6.45, 7) is 9.97. The van der Waals surface area contributed by atoms with Gasteiger partial charge in [0.05, 0.1) is 5.69 Å². The quantitative estimate of drug-likeness (QED) is 0.256. The molecule has 0 aromatic carbocycles. The summed E-state index contributed by atoms with van der Waals surface area (Å²) in [7, 11) is 7.83. The van der Waals surface area contributed by atoms with Crippen LogP contribution in [0.25, 0.3) is 10.9 Å². The van der Waals surface area contributed by atoms with E-state index in [1.807, 2.05) is 12.3 Å². The summed E-state index contributed by atoms with van der Waals surface area (Å²) in [6.07, 6.45) is 28.2. The fraction of sp³-hybridized carbons (Fsp3) is 0.419. The Morgan fingerprint density at radius 3 is 2.00 bits per heavy atom. The Kier molecular flexibility index (Phi) is 10.0. The number of allylic oxidation sites excluding steroid dienone is 10. The average Bonchev–Trinajstić information content (AvgIpc) is 3.47. The molecule has 4 aliphatic carbocycles. The first-order valence-electron chi connectivity index (χ1n) is 13.3. The van der Waals surface area contributed by atoms with Gasteiger partial charge in [0.15, 0.2) is 0 Å². The molecule has 2 fully saturated rings. The summed E-state index contributed by atoms with van der Waals surface area (Å²) < 4.78 is 2.91. The molecule has 202 valence electrons. The number of hydrogen-bond donors (Lipinski definition) is 0. The van der Waals surface area contributed by atoms with Crippen LogP contribution >= 0.6 is 18.6 Å². The topological polar surface area (TPSA) is 30.2 Å². The molecule has 1 saturated carbocycles. The number of halogens is 2. The van der Waals surface area contributed by atoms with Crippen LogP contribution in [0.3, 0.4) is 0 Å². The van der Waals surface area contributed by atoms with E-state index in [9.17, 15) is 0 Å². The van der Waals surface area contributed by atoms with E-state index >= 15 is 0 Å². The number of aromatic nitrogens is 1. The van der Waals surface area contributed by atoms with Gasteiger partial charge in [-0.1, -0.05) is 118 Å². The zero-order valence-electron chi connectivity index (χ0n) is 23.0. The molecular weight excluding hydrogens is 561 g/mol. The Morgan fingerprint density at radius 1 is 0.895 bits per heavy atom. The van der Waals surface area contributed by atoms with Crippen molar-refractivity contribution in [1.29, 1.82) is 0 Å². The van der Waals surface area contributed by atoms with Gasteiger partial charge in [0, 0.05) is 12.2 Å². The fourth-order valence-electron chi connectivity index (χ4n) is 7.62. The van der Waals surface area contributed by atoms with Gasteiger partial charge < -0.3 is 17.3 Å². The van der Waals surface area contributed by atoms with Gasteiger partial charge in [-0.25, -0.2) is 0 Å². The van der Waals surface area contributed by atoms with Gasteiger partial charge in [0.1, 0.15) is 8.24 Å². The second kappa shape index (κ2) is 12.7. The second-order valence-electron chi connectivity index (χ2n) is 11.5. The number of nitrogens with zero attached hydrogens (tertiary/aromatic N) is 3. The number of rotatable bonds is 4. The first-order chi connectivity index (χ1) is 17.9. The zero-order valence-corrected chi connectivity index (χ0v) is 27.0. The zero-order chi connectivity index (χ0) is 26.2. The summed E-state index contributed by atoms with van der Waals surface area (Å²) >= 11 is -0.556. The summed E-state index contributed by atoms with van der Waals surface area (Å²) in [5, 5.41) is 5.53. The van der Waals surface area contributed by atoms with Crippen LogP contribution in [0.2, 0.25) is 18.6 Å². The Bertz CT molecular complexity index is 1110. The molecule has 0 bridgehead atoms. The third kappa shape index (κ3) is 5.35. The monoisotopic (exact) mass is 599 g/mol. The predicted molar refractivity (Wildman–Crippen MR) is 163 cm³/mol. The normalized spacial score (nSPS) is 34.6. The van der Waals surface area contributed by atoms with Crippen LogP contribution in [-0.4, -0.2) is 36.0 Å². The van der Waals surface area contributed by atoms with Crippen molar-refractivity contribution in [2.24, 2.45) is 29.6 Å². The first-order valence-corrected chi connectivity index (χ1v) is 20.7. The summed E-state index contributed by atoms with van der Waals surface area (Å²) in [4.78, 5) is 4.70. The van der Waals surface area contributed by atoms with Crippen molar-refractivity contribution in [1.82, 2.24) is 9.55 Å². The van der Waals surface area contributed by atoms with Crippen LogP contribution in [0.5, 0.6) is 0 Å². The molecule has 3 nitrogen and oxygen atoms in total. The van der Waals surface area contributed by atoms with Crippen molar-refractivity contribution in [2.75, 3.05) is 0 Å². The Labute approximate surface area is 247 Å². The van der Waals surface area contributed by atoms with Gasteiger partial charge in [-0.2, -0.15) is 0 Å². The third-order valence-electron chi connectivity index (χ3n) is 8.90. The Morgan fingerprint density at radius 2 is 1.47 bits per heavy atom. The predicted octanol–water partition coefficient (Wildman–Crippen LogP) is 8.58. The Hall–Kier alpha value is -0.979. The molecule has 0 spiro atoms. The van der Waals surface area contributed by atoms with E-state index in [1.165, 1.54) is 5.57 Å². The minimum absolute atomic E-state index is 0. The van der Waals surface area contributed by atoms with Crippen LogP contribution in [0.1, 0.15) is 19.5 Å². The van der Waals surface area contributed by atoms with Crippen molar-refractivity contribution in [2.45, 2.75) is 50.7 Å². The van der Waals surface area contributed by atoms with E-state index in [0.29, 0.717) is 41.2 Å². The van der Waals surface area contributed by atoms with Crippen LogP contribution in [-0.2, 0) is 17.0 Å². The molecule has 5 aliphatic rings. The fourth-order valence-corrected chi connectivity index (χ4v) is 12.6. The van der Waals surface area contributed by atoms with E-state index in [1.54, 1.807) is 0 Å². The van der Waals surface area contributed by atoms with Crippen LogP contribution in [0.15, 0.2) is 91.2 Å². The molecule has 7 heteroatoms. The molecule has 2 heterocycles. The van der Waals surface area contributed by atoms with Crippen LogP contribution in [0.4, 0.5) is 0 Å². The molecule has 0 amide bonds. The summed E-state index contributed by atoms with van der Waals surface area (Å²) in [6, 6.07) is 6.70. The van der Waals surface area contributed by atoms with Gasteiger partial charge in [-0.05, 0) is 46.9 Å². The SMILES string of the molecule is CC(C)[C@H]1[N-]C2C(c3ccccn3)=CC=C[C@H]2N1[Si](C)(C)C1C2C=CC=CC2C2C=CC=CC21.[CH3-].[Cl][Ti][Cl]. The molecular formula is C31H39Cl2N3SiTi-2. The Balaban J connectivity index is 0.000000804. The maximum atomic E-state index is 5.53.